The molecular weight excluding hydrogens is 419 g/mol. The number of carbonyl (C=O) groups excluding carboxylic acids is 1. The third-order valence-electron chi connectivity index (χ3n) is 4.37. The van der Waals surface area contributed by atoms with Crippen molar-refractivity contribution < 1.29 is 9.53 Å². The number of thiazole rings is 1. The van der Waals surface area contributed by atoms with Gasteiger partial charge >= 0.3 is 0 Å². The number of ether oxygens (including phenoxy) is 1. The first-order valence-corrected chi connectivity index (χ1v) is 10.4. The van der Waals surface area contributed by atoms with E-state index in [2.05, 4.69) is 15.0 Å². The highest BCUT2D eigenvalue weighted by molar-refractivity contribution is 7.14. The Morgan fingerprint density at radius 2 is 2.21 bits per heavy atom. The molecule has 3 heterocycles. The highest BCUT2D eigenvalue weighted by atomic mass is 35.5. The summed E-state index contributed by atoms with van der Waals surface area (Å²) in [6.07, 6.45) is 6.36. The minimum atomic E-state index is -0.258. The summed E-state index contributed by atoms with van der Waals surface area (Å²) in [7, 11) is 0. The second kappa shape index (κ2) is 8.53. The van der Waals surface area contributed by atoms with Gasteiger partial charge in [-0.1, -0.05) is 23.2 Å². The molecule has 144 valence electrons. The number of rotatable bonds is 5. The third-order valence-corrected chi connectivity index (χ3v) is 5.78. The van der Waals surface area contributed by atoms with Crippen LogP contribution in [0.1, 0.15) is 23.3 Å². The molecule has 0 aliphatic carbocycles. The summed E-state index contributed by atoms with van der Waals surface area (Å²) >= 11 is 13.7. The highest BCUT2D eigenvalue weighted by Crippen LogP contribution is 2.34. The van der Waals surface area contributed by atoms with Crippen molar-refractivity contribution in [3.63, 3.8) is 0 Å². The molecule has 1 amide bonds. The molecule has 0 bridgehead atoms. The molecule has 0 spiro atoms. The molecule has 0 saturated carbocycles. The van der Waals surface area contributed by atoms with E-state index in [0.717, 1.165) is 18.4 Å². The van der Waals surface area contributed by atoms with Crippen molar-refractivity contribution in [2.75, 3.05) is 18.1 Å². The largest absolute Gasteiger partial charge is 0.376 e. The lowest BCUT2D eigenvalue weighted by atomic mass is 10.2. The number of carbonyl (C=O) groups is 1. The van der Waals surface area contributed by atoms with E-state index in [4.69, 9.17) is 27.9 Å². The lowest BCUT2D eigenvalue weighted by Gasteiger charge is -2.22. The van der Waals surface area contributed by atoms with E-state index in [1.807, 2.05) is 11.4 Å². The van der Waals surface area contributed by atoms with Crippen LogP contribution >= 0.6 is 34.5 Å². The van der Waals surface area contributed by atoms with Gasteiger partial charge < -0.3 is 4.74 Å². The molecule has 1 saturated heterocycles. The molecule has 3 aromatic rings. The van der Waals surface area contributed by atoms with Crippen molar-refractivity contribution >= 4 is 45.6 Å². The number of amides is 1. The minimum Gasteiger partial charge on any atom is -0.376 e. The van der Waals surface area contributed by atoms with Gasteiger partial charge in [0.1, 0.15) is 5.69 Å². The van der Waals surface area contributed by atoms with E-state index >= 15 is 0 Å². The number of benzene rings is 1. The summed E-state index contributed by atoms with van der Waals surface area (Å²) in [6, 6.07) is 5.25. The standard InChI is InChI=1S/C19H16Cl2N4O2S/c20-12-3-4-14(15(21)8-12)17-11-28-19(24-17)25(10-13-2-1-7-27-13)18(26)16-9-22-5-6-23-16/h3-6,8-9,11,13H,1-2,7,10H2/t13-/m0/s1. The van der Waals surface area contributed by atoms with Crippen molar-refractivity contribution in [2.45, 2.75) is 18.9 Å². The van der Waals surface area contributed by atoms with Crippen LogP contribution in [0.3, 0.4) is 0 Å². The van der Waals surface area contributed by atoms with Crippen LogP contribution in [0.25, 0.3) is 11.3 Å². The summed E-state index contributed by atoms with van der Waals surface area (Å²) in [4.78, 5) is 27.5. The second-order valence-corrected chi connectivity index (χ2v) is 7.96. The van der Waals surface area contributed by atoms with Crippen molar-refractivity contribution in [3.8, 4) is 11.3 Å². The second-order valence-electron chi connectivity index (χ2n) is 6.28. The molecule has 2 aromatic heterocycles. The van der Waals surface area contributed by atoms with E-state index in [1.54, 1.807) is 17.0 Å². The molecule has 0 unspecified atom stereocenters. The molecule has 6 nitrogen and oxygen atoms in total. The number of aromatic nitrogens is 3. The van der Waals surface area contributed by atoms with E-state index < -0.39 is 0 Å². The summed E-state index contributed by atoms with van der Waals surface area (Å²) in [5, 5.41) is 3.50. The van der Waals surface area contributed by atoms with Crippen molar-refractivity contribution in [1.82, 2.24) is 15.0 Å². The average Bonchev–Trinajstić information content (AvgIpc) is 3.38. The first-order chi connectivity index (χ1) is 13.6. The lowest BCUT2D eigenvalue weighted by Crippen LogP contribution is -2.38. The SMILES string of the molecule is O=C(c1cnccn1)N(C[C@@H]1CCCO1)c1nc(-c2ccc(Cl)cc2Cl)cs1. The average molecular weight is 435 g/mol. The Kier molecular flexibility index (Phi) is 5.87. The van der Waals surface area contributed by atoms with Crippen molar-refractivity contribution in [1.29, 1.82) is 0 Å². The third kappa shape index (κ3) is 4.17. The number of hydrogen-bond donors (Lipinski definition) is 0. The van der Waals surface area contributed by atoms with Gasteiger partial charge in [-0.25, -0.2) is 9.97 Å². The fourth-order valence-corrected chi connectivity index (χ4v) is 4.33. The molecule has 1 aliphatic rings. The van der Waals surface area contributed by atoms with Crippen LogP contribution in [-0.2, 0) is 4.74 Å². The van der Waals surface area contributed by atoms with Crippen LogP contribution in [0, 0.1) is 0 Å². The van der Waals surface area contributed by atoms with Crippen molar-refractivity contribution in [3.05, 3.63) is 57.9 Å². The predicted molar refractivity (Wildman–Crippen MR) is 110 cm³/mol. The maximum absolute atomic E-state index is 13.1. The number of nitrogens with zero attached hydrogens (tertiary/aromatic N) is 4. The van der Waals surface area contributed by atoms with E-state index in [1.165, 1.54) is 29.9 Å². The maximum atomic E-state index is 13.1. The molecule has 1 aromatic carbocycles. The summed E-state index contributed by atoms with van der Waals surface area (Å²) in [6.45, 7) is 1.12. The van der Waals surface area contributed by atoms with E-state index in [0.29, 0.717) is 34.0 Å². The van der Waals surface area contributed by atoms with E-state index in [9.17, 15) is 4.79 Å². The van der Waals surface area contributed by atoms with Gasteiger partial charge in [0.2, 0.25) is 0 Å². The predicted octanol–water partition coefficient (Wildman–Crippen LogP) is 4.73. The molecule has 4 rings (SSSR count). The zero-order valence-corrected chi connectivity index (χ0v) is 17.0. The number of anilines is 1. The summed E-state index contributed by atoms with van der Waals surface area (Å²) in [5.74, 6) is -0.258. The van der Waals surface area contributed by atoms with Gasteiger partial charge in [0.15, 0.2) is 5.13 Å². The zero-order valence-electron chi connectivity index (χ0n) is 14.7. The highest BCUT2D eigenvalue weighted by Gasteiger charge is 2.27. The summed E-state index contributed by atoms with van der Waals surface area (Å²) in [5.41, 5.74) is 1.71. The molecule has 1 aliphatic heterocycles. The minimum absolute atomic E-state index is 0.0212. The van der Waals surface area contributed by atoms with Crippen LogP contribution < -0.4 is 4.90 Å². The normalized spacial score (nSPS) is 16.3. The van der Waals surface area contributed by atoms with Gasteiger partial charge in [0.05, 0.1) is 29.6 Å². The monoisotopic (exact) mass is 434 g/mol. The van der Waals surface area contributed by atoms with Gasteiger partial charge in [-0.05, 0) is 31.0 Å². The topological polar surface area (TPSA) is 68.2 Å². The first-order valence-electron chi connectivity index (χ1n) is 8.72. The fourth-order valence-electron chi connectivity index (χ4n) is 3.00. The Morgan fingerprint density at radius 1 is 1.32 bits per heavy atom. The smallest absolute Gasteiger partial charge is 0.280 e. The van der Waals surface area contributed by atoms with Gasteiger partial charge in [-0.15, -0.1) is 11.3 Å². The summed E-state index contributed by atoms with van der Waals surface area (Å²) < 4.78 is 5.73. The number of hydrogen-bond acceptors (Lipinski definition) is 6. The first kappa shape index (κ1) is 19.3. The van der Waals surface area contributed by atoms with Crippen LogP contribution in [0.5, 0.6) is 0 Å². The van der Waals surface area contributed by atoms with Crippen LogP contribution in [0.15, 0.2) is 42.2 Å². The molecule has 28 heavy (non-hydrogen) atoms. The molecule has 0 N–H and O–H groups in total. The van der Waals surface area contributed by atoms with Gasteiger partial charge in [-0.3, -0.25) is 14.7 Å². The van der Waals surface area contributed by atoms with Gasteiger partial charge in [-0.2, -0.15) is 0 Å². The Hall–Kier alpha value is -2.06. The van der Waals surface area contributed by atoms with E-state index in [-0.39, 0.29) is 17.7 Å². The number of halogens is 2. The van der Waals surface area contributed by atoms with Crippen LogP contribution in [0.4, 0.5) is 5.13 Å². The quantitative estimate of drug-likeness (QED) is 0.580. The van der Waals surface area contributed by atoms with Crippen LogP contribution in [-0.4, -0.2) is 40.1 Å². The Labute approximate surface area is 176 Å². The Balaban J connectivity index is 1.66. The van der Waals surface area contributed by atoms with Gasteiger partial charge in [0.25, 0.3) is 5.91 Å². The molecule has 1 fully saturated rings. The zero-order chi connectivity index (χ0) is 19.5. The Morgan fingerprint density at radius 3 is 2.93 bits per heavy atom. The van der Waals surface area contributed by atoms with Crippen molar-refractivity contribution in [2.24, 2.45) is 0 Å². The molecule has 1 atom stereocenters. The molecule has 9 heteroatoms. The van der Waals surface area contributed by atoms with Crippen LogP contribution in [0.2, 0.25) is 10.0 Å². The fraction of sp³-hybridized carbons (Fsp3) is 0.263. The van der Waals surface area contributed by atoms with Gasteiger partial charge in [0, 0.05) is 35.0 Å². The maximum Gasteiger partial charge on any atom is 0.280 e. The Bertz CT molecular complexity index is 977. The molecular formula is C19H16Cl2N4O2S. The molecule has 0 radical (unpaired) electrons. The lowest BCUT2D eigenvalue weighted by molar-refractivity contribution is 0.0913.